The normalized spacial score (nSPS) is 12.4. The summed E-state index contributed by atoms with van der Waals surface area (Å²) in [7, 11) is 0. The molecule has 0 bridgehead atoms. The fourth-order valence-electron chi connectivity index (χ4n) is 3.83. The standard InChI is InChI=1S/C26H29N3O3/c1-18-5-3-4-6-23(18)24(17-25(29-32)22-11-12-27-19(2)15-22)21-9-7-20(8-10-21)16-26(31)28-13-14-30/h3-12,15,24,30,32H,13-14,16-17H2,1-2H3,(H,28,31)/b29-25-/t24-/m1/s1. The first-order chi connectivity index (χ1) is 15.5. The van der Waals surface area contributed by atoms with Crippen LogP contribution in [0.2, 0.25) is 0 Å². The van der Waals surface area contributed by atoms with Crippen LogP contribution in [0.15, 0.2) is 72.0 Å². The molecule has 0 aliphatic rings. The molecule has 1 atom stereocenters. The highest BCUT2D eigenvalue weighted by molar-refractivity contribution is 6.01. The van der Waals surface area contributed by atoms with E-state index < -0.39 is 0 Å². The number of pyridine rings is 1. The number of aryl methyl sites for hydroxylation is 2. The molecule has 166 valence electrons. The van der Waals surface area contributed by atoms with Crippen LogP contribution in [0, 0.1) is 13.8 Å². The molecular weight excluding hydrogens is 402 g/mol. The number of amides is 1. The number of hydrogen-bond donors (Lipinski definition) is 3. The van der Waals surface area contributed by atoms with Gasteiger partial charge in [-0.25, -0.2) is 0 Å². The van der Waals surface area contributed by atoms with Crippen LogP contribution < -0.4 is 5.32 Å². The van der Waals surface area contributed by atoms with Crippen molar-refractivity contribution in [1.29, 1.82) is 0 Å². The van der Waals surface area contributed by atoms with Crippen molar-refractivity contribution >= 4 is 11.6 Å². The summed E-state index contributed by atoms with van der Waals surface area (Å²) in [4.78, 5) is 16.2. The highest BCUT2D eigenvalue weighted by Gasteiger charge is 2.20. The van der Waals surface area contributed by atoms with Crippen molar-refractivity contribution in [2.24, 2.45) is 5.16 Å². The molecule has 3 N–H and O–H groups in total. The largest absolute Gasteiger partial charge is 0.411 e. The predicted octanol–water partition coefficient (Wildman–Crippen LogP) is 3.75. The predicted molar refractivity (Wildman–Crippen MR) is 125 cm³/mol. The van der Waals surface area contributed by atoms with E-state index in [1.165, 1.54) is 0 Å². The number of aromatic nitrogens is 1. The lowest BCUT2D eigenvalue weighted by Crippen LogP contribution is -2.27. The third-order valence-electron chi connectivity index (χ3n) is 5.49. The van der Waals surface area contributed by atoms with E-state index in [2.05, 4.69) is 34.5 Å². The van der Waals surface area contributed by atoms with Crippen molar-refractivity contribution in [3.05, 3.63) is 100 Å². The van der Waals surface area contributed by atoms with Crippen molar-refractivity contribution in [1.82, 2.24) is 10.3 Å². The van der Waals surface area contributed by atoms with Crippen molar-refractivity contribution < 1.29 is 15.1 Å². The summed E-state index contributed by atoms with van der Waals surface area (Å²) in [5, 5.41) is 24.9. The van der Waals surface area contributed by atoms with Crippen molar-refractivity contribution in [2.75, 3.05) is 13.2 Å². The van der Waals surface area contributed by atoms with Gasteiger partial charge in [0.05, 0.1) is 18.7 Å². The van der Waals surface area contributed by atoms with Crippen molar-refractivity contribution in [3.8, 4) is 0 Å². The zero-order chi connectivity index (χ0) is 22.9. The fraction of sp³-hybridized carbons (Fsp3) is 0.269. The van der Waals surface area contributed by atoms with Gasteiger partial charge in [0.15, 0.2) is 0 Å². The maximum Gasteiger partial charge on any atom is 0.224 e. The summed E-state index contributed by atoms with van der Waals surface area (Å²) >= 11 is 0. The number of carbonyl (C=O) groups excluding carboxylic acids is 1. The highest BCUT2D eigenvalue weighted by atomic mass is 16.4. The lowest BCUT2D eigenvalue weighted by molar-refractivity contribution is -0.120. The van der Waals surface area contributed by atoms with E-state index in [0.717, 1.165) is 33.5 Å². The summed E-state index contributed by atoms with van der Waals surface area (Å²) in [6.07, 6.45) is 2.49. The van der Waals surface area contributed by atoms with Crippen molar-refractivity contribution in [3.63, 3.8) is 0 Å². The molecular formula is C26H29N3O3. The van der Waals surface area contributed by atoms with E-state index in [0.29, 0.717) is 12.1 Å². The van der Waals surface area contributed by atoms with E-state index in [4.69, 9.17) is 5.11 Å². The minimum Gasteiger partial charge on any atom is -0.411 e. The van der Waals surface area contributed by atoms with Gasteiger partial charge in [-0.3, -0.25) is 9.78 Å². The van der Waals surface area contributed by atoms with Gasteiger partial charge in [-0.2, -0.15) is 0 Å². The number of nitrogens with one attached hydrogen (secondary N) is 1. The number of aliphatic hydroxyl groups excluding tert-OH is 1. The first kappa shape index (κ1) is 23.2. The Morgan fingerprint density at radius 3 is 2.50 bits per heavy atom. The molecule has 0 saturated carbocycles. The number of rotatable bonds is 9. The molecule has 3 rings (SSSR count). The Kier molecular flexibility index (Phi) is 8.11. The minimum absolute atomic E-state index is 0.0205. The fourth-order valence-corrected chi connectivity index (χ4v) is 3.83. The summed E-state index contributed by atoms with van der Waals surface area (Å²) in [5.41, 5.74) is 6.59. The lowest BCUT2D eigenvalue weighted by Gasteiger charge is -2.21. The van der Waals surface area contributed by atoms with Gasteiger partial charge in [-0.1, -0.05) is 53.7 Å². The quantitative estimate of drug-likeness (QED) is 0.273. The highest BCUT2D eigenvalue weighted by Crippen LogP contribution is 2.32. The Hall–Kier alpha value is -3.51. The van der Waals surface area contributed by atoms with Crippen LogP contribution in [-0.2, 0) is 11.2 Å². The second-order valence-corrected chi connectivity index (χ2v) is 7.84. The Morgan fingerprint density at radius 2 is 1.84 bits per heavy atom. The Morgan fingerprint density at radius 1 is 1.09 bits per heavy atom. The Bertz CT molecular complexity index is 1080. The van der Waals surface area contributed by atoms with Gasteiger partial charge >= 0.3 is 0 Å². The maximum atomic E-state index is 12.0. The summed E-state index contributed by atoms with van der Waals surface area (Å²) in [6.45, 7) is 4.17. The van der Waals surface area contributed by atoms with E-state index in [1.54, 1.807) is 6.20 Å². The summed E-state index contributed by atoms with van der Waals surface area (Å²) in [5.74, 6) is -0.141. The second kappa shape index (κ2) is 11.2. The molecule has 0 fully saturated rings. The van der Waals surface area contributed by atoms with Crippen LogP contribution in [0.25, 0.3) is 0 Å². The molecule has 6 heteroatoms. The SMILES string of the molecule is Cc1cc(/C(C[C@H](c2ccc(CC(=O)NCCO)cc2)c2ccccc2C)=N\O)ccn1. The average Bonchev–Trinajstić information content (AvgIpc) is 2.80. The second-order valence-electron chi connectivity index (χ2n) is 7.84. The topological polar surface area (TPSA) is 94.8 Å². The van der Waals surface area contributed by atoms with Crippen LogP contribution >= 0.6 is 0 Å². The van der Waals surface area contributed by atoms with Crippen LogP contribution in [0.5, 0.6) is 0 Å². The summed E-state index contributed by atoms with van der Waals surface area (Å²) in [6, 6.07) is 19.9. The van der Waals surface area contributed by atoms with Crippen LogP contribution in [0.1, 0.15) is 45.8 Å². The zero-order valence-electron chi connectivity index (χ0n) is 18.5. The number of oxime groups is 1. The molecule has 1 aromatic heterocycles. The Balaban J connectivity index is 1.90. The molecule has 1 heterocycles. The Labute approximate surface area is 188 Å². The summed E-state index contributed by atoms with van der Waals surface area (Å²) < 4.78 is 0. The molecule has 1 amide bonds. The first-order valence-electron chi connectivity index (χ1n) is 10.7. The van der Waals surface area contributed by atoms with Crippen LogP contribution in [0.4, 0.5) is 0 Å². The van der Waals surface area contributed by atoms with E-state index in [9.17, 15) is 10.0 Å². The third kappa shape index (κ3) is 6.02. The molecule has 32 heavy (non-hydrogen) atoms. The zero-order valence-corrected chi connectivity index (χ0v) is 18.5. The molecule has 0 unspecified atom stereocenters. The number of nitrogens with zero attached hydrogens (tertiary/aromatic N) is 2. The van der Waals surface area contributed by atoms with E-state index in [1.807, 2.05) is 55.5 Å². The van der Waals surface area contributed by atoms with E-state index >= 15 is 0 Å². The van der Waals surface area contributed by atoms with Gasteiger partial charge in [0, 0.05) is 36.3 Å². The van der Waals surface area contributed by atoms with Crippen LogP contribution in [-0.4, -0.2) is 40.1 Å². The molecule has 0 spiro atoms. The monoisotopic (exact) mass is 431 g/mol. The molecule has 0 saturated heterocycles. The maximum absolute atomic E-state index is 12.0. The van der Waals surface area contributed by atoms with Gasteiger partial charge in [-0.15, -0.1) is 0 Å². The van der Waals surface area contributed by atoms with Gasteiger partial charge in [0.25, 0.3) is 0 Å². The van der Waals surface area contributed by atoms with Gasteiger partial charge in [0.1, 0.15) is 0 Å². The smallest absolute Gasteiger partial charge is 0.224 e. The first-order valence-corrected chi connectivity index (χ1v) is 10.7. The van der Waals surface area contributed by atoms with E-state index in [-0.39, 0.29) is 31.4 Å². The number of aliphatic hydroxyl groups is 1. The third-order valence-corrected chi connectivity index (χ3v) is 5.49. The number of hydrogen-bond acceptors (Lipinski definition) is 5. The number of benzene rings is 2. The molecule has 2 aromatic carbocycles. The molecule has 0 radical (unpaired) electrons. The molecule has 0 aliphatic heterocycles. The van der Waals surface area contributed by atoms with Crippen molar-refractivity contribution in [2.45, 2.75) is 32.6 Å². The van der Waals surface area contributed by atoms with Gasteiger partial charge in [-0.05, 0) is 48.2 Å². The molecule has 6 nitrogen and oxygen atoms in total. The minimum atomic E-state index is -0.120. The average molecular weight is 432 g/mol. The molecule has 3 aromatic rings. The molecule has 0 aliphatic carbocycles. The lowest BCUT2D eigenvalue weighted by atomic mass is 9.83. The van der Waals surface area contributed by atoms with Gasteiger partial charge < -0.3 is 15.6 Å². The number of carbonyl (C=O) groups is 1. The van der Waals surface area contributed by atoms with Crippen LogP contribution in [0.3, 0.4) is 0 Å². The van der Waals surface area contributed by atoms with Gasteiger partial charge in [0.2, 0.25) is 5.91 Å².